The number of nitrogens with two attached hydrogens (primary N) is 1. The molecule has 0 radical (unpaired) electrons. The average Bonchev–Trinajstić information content (AvgIpc) is 2.24. The molecule has 1 atom stereocenters. The van der Waals surface area contributed by atoms with Crippen LogP contribution in [0.1, 0.15) is 19.2 Å². The number of alkyl halides is 3. The Labute approximate surface area is 95.9 Å². The first-order valence-electron chi connectivity index (χ1n) is 4.96. The van der Waals surface area contributed by atoms with E-state index in [-0.39, 0.29) is 18.2 Å². The van der Waals surface area contributed by atoms with E-state index < -0.39 is 18.1 Å². The van der Waals surface area contributed by atoms with Crippen LogP contribution in [0.3, 0.4) is 0 Å². The van der Waals surface area contributed by atoms with Gasteiger partial charge in [0.05, 0.1) is 6.10 Å². The first-order chi connectivity index (χ1) is 7.82. The second-order valence-electron chi connectivity index (χ2n) is 3.44. The van der Waals surface area contributed by atoms with Crippen molar-refractivity contribution in [3.63, 3.8) is 0 Å². The third kappa shape index (κ3) is 4.06. The topological polar surface area (TPSA) is 84.1 Å². The summed E-state index contributed by atoms with van der Waals surface area (Å²) in [7, 11) is 0. The monoisotopic (exact) mass is 250 g/mol. The molecule has 0 bridgehead atoms. The molecule has 5 nitrogen and oxygen atoms in total. The molecule has 0 aliphatic carbocycles. The number of rotatable bonds is 4. The van der Waals surface area contributed by atoms with Gasteiger partial charge in [0.25, 0.3) is 0 Å². The van der Waals surface area contributed by atoms with E-state index in [4.69, 9.17) is 5.73 Å². The zero-order chi connectivity index (χ0) is 13.1. The van der Waals surface area contributed by atoms with Crippen LogP contribution in [0.5, 0.6) is 0 Å². The molecule has 0 fully saturated rings. The molecule has 17 heavy (non-hydrogen) atoms. The van der Waals surface area contributed by atoms with Crippen molar-refractivity contribution in [2.45, 2.75) is 25.6 Å². The smallest absolute Gasteiger partial charge is 0.391 e. The van der Waals surface area contributed by atoms with E-state index >= 15 is 0 Å². The van der Waals surface area contributed by atoms with Gasteiger partial charge in [-0.2, -0.15) is 13.2 Å². The summed E-state index contributed by atoms with van der Waals surface area (Å²) in [4.78, 5) is 6.36. The predicted octanol–water partition coefficient (Wildman–Crippen LogP) is 1.26. The van der Waals surface area contributed by atoms with Gasteiger partial charge >= 0.3 is 6.18 Å². The Balaban J connectivity index is 2.83. The Hall–Kier alpha value is -1.57. The van der Waals surface area contributed by atoms with E-state index in [2.05, 4.69) is 15.3 Å². The van der Waals surface area contributed by atoms with E-state index in [9.17, 15) is 18.3 Å². The number of aliphatic hydroxyl groups excluding tert-OH is 1. The maximum atomic E-state index is 12.4. The Morgan fingerprint density at radius 3 is 2.65 bits per heavy atom. The molecule has 0 aromatic carbocycles. The number of halogens is 3. The minimum Gasteiger partial charge on any atom is -0.391 e. The molecule has 0 saturated heterocycles. The summed E-state index contributed by atoms with van der Waals surface area (Å²) in [6, 6.07) is 1.18. The van der Waals surface area contributed by atoms with Gasteiger partial charge in [0.2, 0.25) is 5.82 Å². The molecule has 0 aliphatic rings. The highest BCUT2D eigenvalue weighted by molar-refractivity contribution is 5.44. The number of hydrogen-bond acceptors (Lipinski definition) is 5. The molecule has 0 aliphatic heterocycles. The highest BCUT2D eigenvalue weighted by atomic mass is 19.4. The summed E-state index contributed by atoms with van der Waals surface area (Å²) in [6.07, 6.45) is -4.81. The standard InChI is InChI=1S/C9H13F3N4O/c1-2-5(17)4-14-7-3-6(13)15-8(16-7)9(10,11)12/h3,5,17H,2,4H2,1H3,(H3,13,14,15,16). The van der Waals surface area contributed by atoms with Crippen LogP contribution in [-0.4, -0.2) is 27.7 Å². The summed E-state index contributed by atoms with van der Waals surface area (Å²) in [5, 5.41) is 11.8. The van der Waals surface area contributed by atoms with Gasteiger partial charge in [-0.1, -0.05) is 6.92 Å². The lowest BCUT2D eigenvalue weighted by molar-refractivity contribution is -0.144. The van der Waals surface area contributed by atoms with Crippen molar-refractivity contribution < 1.29 is 18.3 Å². The summed E-state index contributed by atoms with van der Waals surface area (Å²) in [5.41, 5.74) is 5.24. The summed E-state index contributed by atoms with van der Waals surface area (Å²) in [5.74, 6) is -1.64. The fourth-order valence-corrected chi connectivity index (χ4v) is 1.05. The second-order valence-corrected chi connectivity index (χ2v) is 3.44. The van der Waals surface area contributed by atoms with Crippen LogP contribution < -0.4 is 11.1 Å². The predicted molar refractivity (Wildman–Crippen MR) is 56.2 cm³/mol. The van der Waals surface area contributed by atoms with Crippen molar-refractivity contribution in [2.24, 2.45) is 0 Å². The maximum absolute atomic E-state index is 12.4. The summed E-state index contributed by atoms with van der Waals surface area (Å²) >= 11 is 0. The van der Waals surface area contributed by atoms with Crippen LogP contribution in [0.4, 0.5) is 24.8 Å². The van der Waals surface area contributed by atoms with Gasteiger partial charge in [0, 0.05) is 12.6 Å². The molecule has 1 heterocycles. The molecule has 96 valence electrons. The van der Waals surface area contributed by atoms with Crippen LogP contribution in [0, 0.1) is 0 Å². The van der Waals surface area contributed by atoms with Gasteiger partial charge in [0.1, 0.15) is 11.6 Å². The molecule has 0 amide bonds. The Morgan fingerprint density at radius 2 is 2.12 bits per heavy atom. The van der Waals surface area contributed by atoms with E-state index in [1.807, 2.05) is 0 Å². The van der Waals surface area contributed by atoms with Gasteiger partial charge < -0.3 is 16.2 Å². The van der Waals surface area contributed by atoms with Crippen molar-refractivity contribution in [3.05, 3.63) is 11.9 Å². The zero-order valence-corrected chi connectivity index (χ0v) is 9.12. The molecule has 1 unspecified atom stereocenters. The van der Waals surface area contributed by atoms with Crippen molar-refractivity contribution in [1.29, 1.82) is 0 Å². The number of aromatic nitrogens is 2. The lowest BCUT2D eigenvalue weighted by Crippen LogP contribution is -2.20. The molecule has 1 aromatic heterocycles. The average molecular weight is 250 g/mol. The number of aliphatic hydroxyl groups is 1. The van der Waals surface area contributed by atoms with Gasteiger partial charge in [-0.15, -0.1) is 0 Å². The number of anilines is 2. The van der Waals surface area contributed by atoms with Crippen LogP contribution >= 0.6 is 0 Å². The van der Waals surface area contributed by atoms with Crippen molar-refractivity contribution in [1.82, 2.24) is 9.97 Å². The van der Waals surface area contributed by atoms with Crippen molar-refractivity contribution in [3.8, 4) is 0 Å². The molecular formula is C9H13F3N4O. The summed E-state index contributed by atoms with van der Waals surface area (Å²) in [6.45, 7) is 1.85. The second kappa shape index (κ2) is 5.17. The highest BCUT2D eigenvalue weighted by Gasteiger charge is 2.35. The first-order valence-corrected chi connectivity index (χ1v) is 4.96. The molecule has 4 N–H and O–H groups in total. The van der Waals surface area contributed by atoms with E-state index in [1.165, 1.54) is 6.07 Å². The van der Waals surface area contributed by atoms with Gasteiger partial charge in [0.15, 0.2) is 0 Å². The Morgan fingerprint density at radius 1 is 1.47 bits per heavy atom. The lowest BCUT2D eigenvalue weighted by Gasteiger charge is -2.12. The fourth-order valence-electron chi connectivity index (χ4n) is 1.05. The van der Waals surface area contributed by atoms with Gasteiger partial charge in [-0.3, -0.25) is 0 Å². The SMILES string of the molecule is CCC(O)CNc1cc(N)nc(C(F)(F)F)n1. The number of nitrogens with one attached hydrogen (secondary N) is 1. The minimum absolute atomic E-state index is 0.0580. The Bertz CT molecular complexity index is 383. The normalized spacial score (nSPS) is 13.5. The quantitative estimate of drug-likeness (QED) is 0.749. The largest absolute Gasteiger partial charge is 0.451 e. The van der Waals surface area contributed by atoms with Crippen LogP contribution in [0.25, 0.3) is 0 Å². The maximum Gasteiger partial charge on any atom is 0.451 e. The molecule has 0 spiro atoms. The third-order valence-corrected chi connectivity index (χ3v) is 1.99. The number of nitrogen functional groups attached to an aromatic ring is 1. The lowest BCUT2D eigenvalue weighted by atomic mass is 10.3. The van der Waals surface area contributed by atoms with E-state index in [0.717, 1.165) is 0 Å². The first kappa shape index (κ1) is 13.5. The van der Waals surface area contributed by atoms with Crippen LogP contribution in [0.2, 0.25) is 0 Å². The van der Waals surface area contributed by atoms with E-state index in [0.29, 0.717) is 6.42 Å². The van der Waals surface area contributed by atoms with Crippen LogP contribution in [-0.2, 0) is 6.18 Å². The third-order valence-electron chi connectivity index (χ3n) is 1.99. The van der Waals surface area contributed by atoms with Crippen LogP contribution in [0.15, 0.2) is 6.07 Å². The Kier molecular flexibility index (Phi) is 4.11. The minimum atomic E-state index is -4.64. The molecular weight excluding hydrogens is 237 g/mol. The van der Waals surface area contributed by atoms with Crippen molar-refractivity contribution in [2.75, 3.05) is 17.6 Å². The molecule has 8 heteroatoms. The highest BCUT2D eigenvalue weighted by Crippen LogP contribution is 2.27. The molecule has 1 rings (SSSR count). The van der Waals surface area contributed by atoms with E-state index in [1.54, 1.807) is 6.92 Å². The number of nitrogens with zero attached hydrogens (tertiary/aromatic N) is 2. The summed E-state index contributed by atoms with van der Waals surface area (Å²) < 4.78 is 37.1. The van der Waals surface area contributed by atoms with Gasteiger partial charge in [-0.25, -0.2) is 9.97 Å². The molecule has 0 saturated carbocycles. The zero-order valence-electron chi connectivity index (χ0n) is 9.12. The van der Waals surface area contributed by atoms with Gasteiger partial charge in [-0.05, 0) is 6.42 Å². The van der Waals surface area contributed by atoms with Crippen molar-refractivity contribution >= 4 is 11.6 Å². The molecule has 1 aromatic rings. The fraction of sp³-hybridized carbons (Fsp3) is 0.556. The number of hydrogen-bond donors (Lipinski definition) is 3.